The predicted octanol–water partition coefficient (Wildman–Crippen LogP) is 2.69. The smallest absolute Gasteiger partial charge is 0.404 e. The van der Waals surface area contributed by atoms with Gasteiger partial charge in [0, 0.05) is 12.6 Å². The quantitative estimate of drug-likeness (QED) is 0.482. The highest BCUT2D eigenvalue weighted by Crippen LogP contribution is 2.25. The molecule has 1 aromatic carbocycles. The summed E-state index contributed by atoms with van der Waals surface area (Å²) in [6.07, 6.45) is 1.81. The van der Waals surface area contributed by atoms with Crippen LogP contribution < -0.4 is 5.32 Å². The van der Waals surface area contributed by atoms with E-state index in [1.165, 1.54) is 0 Å². The van der Waals surface area contributed by atoms with Crippen LogP contribution in [0.2, 0.25) is 0 Å². The van der Waals surface area contributed by atoms with E-state index in [2.05, 4.69) is 5.32 Å². The Morgan fingerprint density at radius 2 is 1.56 bits per heavy atom. The summed E-state index contributed by atoms with van der Waals surface area (Å²) in [5, 5.41) is 11.2. The summed E-state index contributed by atoms with van der Waals surface area (Å²) in [7, 11) is 0. The molecule has 0 radical (unpaired) electrons. The van der Waals surface area contributed by atoms with Gasteiger partial charge in [-0.25, -0.2) is 4.79 Å². The van der Waals surface area contributed by atoms with E-state index >= 15 is 0 Å². The SMILES string of the molecule is O=C(O)N[C@@H]1CC[C@@H](COCCOCCOCCOCc2ccccc2)C1. The van der Waals surface area contributed by atoms with Gasteiger partial charge in [-0.3, -0.25) is 0 Å². The van der Waals surface area contributed by atoms with Crippen LogP contribution in [0.25, 0.3) is 0 Å². The predicted molar refractivity (Wildman–Crippen MR) is 101 cm³/mol. The van der Waals surface area contributed by atoms with Gasteiger partial charge >= 0.3 is 6.09 Å². The molecular formula is C20H31NO6. The minimum Gasteiger partial charge on any atom is -0.465 e. The zero-order chi connectivity index (χ0) is 19.2. The monoisotopic (exact) mass is 381 g/mol. The summed E-state index contributed by atoms with van der Waals surface area (Å²) < 4.78 is 22.1. The second-order valence-electron chi connectivity index (χ2n) is 6.66. The molecule has 2 atom stereocenters. The van der Waals surface area contributed by atoms with Gasteiger partial charge < -0.3 is 29.4 Å². The van der Waals surface area contributed by atoms with E-state index in [9.17, 15) is 4.79 Å². The fourth-order valence-electron chi connectivity index (χ4n) is 3.10. The summed E-state index contributed by atoms with van der Waals surface area (Å²) in [4.78, 5) is 10.6. The molecule has 1 aromatic rings. The summed E-state index contributed by atoms with van der Waals surface area (Å²) >= 11 is 0. The third-order valence-corrected chi connectivity index (χ3v) is 4.45. The average molecular weight is 381 g/mol. The molecule has 0 aliphatic heterocycles. The minimum atomic E-state index is -0.944. The first kappa shape index (κ1) is 21.6. The number of nitrogens with one attached hydrogen (secondary N) is 1. The molecule has 27 heavy (non-hydrogen) atoms. The molecule has 1 amide bonds. The molecule has 0 bridgehead atoms. The van der Waals surface area contributed by atoms with Gasteiger partial charge in [0.1, 0.15) is 0 Å². The maximum atomic E-state index is 10.6. The van der Waals surface area contributed by atoms with Crippen LogP contribution in [-0.4, -0.2) is 63.5 Å². The zero-order valence-corrected chi connectivity index (χ0v) is 15.8. The molecule has 0 aromatic heterocycles. The van der Waals surface area contributed by atoms with E-state index in [-0.39, 0.29) is 6.04 Å². The van der Waals surface area contributed by atoms with Gasteiger partial charge in [0.15, 0.2) is 0 Å². The molecule has 1 fully saturated rings. The fourth-order valence-corrected chi connectivity index (χ4v) is 3.10. The van der Waals surface area contributed by atoms with Gasteiger partial charge in [-0.2, -0.15) is 0 Å². The highest BCUT2D eigenvalue weighted by molar-refractivity contribution is 5.64. The Kier molecular flexibility index (Phi) is 10.8. The lowest BCUT2D eigenvalue weighted by atomic mass is 10.1. The van der Waals surface area contributed by atoms with Gasteiger partial charge in [-0.05, 0) is 30.7 Å². The zero-order valence-electron chi connectivity index (χ0n) is 15.8. The molecule has 0 spiro atoms. The highest BCUT2D eigenvalue weighted by Gasteiger charge is 2.25. The Morgan fingerprint density at radius 1 is 0.926 bits per heavy atom. The lowest BCUT2D eigenvalue weighted by molar-refractivity contribution is -0.00766. The Labute approximate surface area is 160 Å². The molecule has 1 aliphatic rings. The van der Waals surface area contributed by atoms with Crippen LogP contribution in [0.4, 0.5) is 4.79 Å². The van der Waals surface area contributed by atoms with E-state index < -0.39 is 6.09 Å². The lowest BCUT2D eigenvalue weighted by Crippen LogP contribution is -2.31. The van der Waals surface area contributed by atoms with Crippen molar-refractivity contribution in [1.82, 2.24) is 5.32 Å². The van der Waals surface area contributed by atoms with Gasteiger partial charge in [0.05, 0.1) is 46.2 Å². The topological polar surface area (TPSA) is 86.3 Å². The maximum Gasteiger partial charge on any atom is 0.404 e. The number of amides is 1. The first-order valence-electron chi connectivity index (χ1n) is 9.58. The number of benzene rings is 1. The first-order chi connectivity index (χ1) is 13.2. The first-order valence-corrected chi connectivity index (χ1v) is 9.58. The molecule has 0 heterocycles. The number of carbonyl (C=O) groups is 1. The summed E-state index contributed by atoms with van der Waals surface area (Å²) in [6.45, 7) is 4.56. The van der Waals surface area contributed by atoms with Crippen LogP contribution in [0.5, 0.6) is 0 Å². The van der Waals surface area contributed by atoms with E-state index in [4.69, 9.17) is 24.1 Å². The number of ether oxygens (including phenoxy) is 4. The summed E-state index contributed by atoms with van der Waals surface area (Å²) in [6, 6.07) is 10.1. The number of hydrogen-bond donors (Lipinski definition) is 2. The van der Waals surface area contributed by atoms with Crippen molar-refractivity contribution >= 4 is 6.09 Å². The largest absolute Gasteiger partial charge is 0.465 e. The number of rotatable bonds is 14. The Morgan fingerprint density at radius 3 is 2.22 bits per heavy atom. The lowest BCUT2D eigenvalue weighted by Gasteiger charge is -2.12. The van der Waals surface area contributed by atoms with Crippen LogP contribution >= 0.6 is 0 Å². The van der Waals surface area contributed by atoms with Crippen molar-refractivity contribution in [2.45, 2.75) is 31.9 Å². The second-order valence-corrected chi connectivity index (χ2v) is 6.66. The molecule has 7 heteroatoms. The van der Waals surface area contributed by atoms with Crippen molar-refractivity contribution in [2.24, 2.45) is 5.92 Å². The third kappa shape index (κ3) is 10.3. The molecule has 7 nitrogen and oxygen atoms in total. The molecule has 2 rings (SSSR count). The van der Waals surface area contributed by atoms with Crippen molar-refractivity contribution in [3.8, 4) is 0 Å². The van der Waals surface area contributed by atoms with Crippen molar-refractivity contribution in [3.05, 3.63) is 35.9 Å². The van der Waals surface area contributed by atoms with Gasteiger partial charge in [-0.15, -0.1) is 0 Å². The van der Waals surface area contributed by atoms with Gasteiger partial charge in [0.25, 0.3) is 0 Å². The molecule has 152 valence electrons. The van der Waals surface area contributed by atoms with Crippen LogP contribution in [0, 0.1) is 5.92 Å². The second kappa shape index (κ2) is 13.5. The van der Waals surface area contributed by atoms with Crippen LogP contribution in [0.3, 0.4) is 0 Å². The van der Waals surface area contributed by atoms with Crippen LogP contribution in [0.15, 0.2) is 30.3 Å². The molecular weight excluding hydrogens is 350 g/mol. The Bertz CT molecular complexity index is 512. The molecule has 1 aliphatic carbocycles. The third-order valence-electron chi connectivity index (χ3n) is 4.45. The van der Waals surface area contributed by atoms with Gasteiger partial charge in [-0.1, -0.05) is 30.3 Å². The Hall–Kier alpha value is -1.67. The van der Waals surface area contributed by atoms with Crippen LogP contribution in [-0.2, 0) is 25.6 Å². The molecule has 2 N–H and O–H groups in total. The maximum absolute atomic E-state index is 10.6. The van der Waals surface area contributed by atoms with E-state index in [1.807, 2.05) is 30.3 Å². The van der Waals surface area contributed by atoms with E-state index in [1.54, 1.807) is 0 Å². The van der Waals surface area contributed by atoms with Gasteiger partial charge in [0.2, 0.25) is 0 Å². The van der Waals surface area contributed by atoms with Crippen molar-refractivity contribution in [1.29, 1.82) is 0 Å². The number of hydrogen-bond acceptors (Lipinski definition) is 5. The van der Waals surface area contributed by atoms with Crippen molar-refractivity contribution in [2.75, 3.05) is 46.2 Å². The number of carboxylic acid groups (broad SMARTS) is 1. The Balaban J connectivity index is 1.31. The van der Waals surface area contributed by atoms with Crippen LogP contribution in [0.1, 0.15) is 24.8 Å². The molecule has 0 saturated heterocycles. The fraction of sp³-hybridized carbons (Fsp3) is 0.650. The highest BCUT2D eigenvalue weighted by atomic mass is 16.6. The van der Waals surface area contributed by atoms with Crippen molar-refractivity contribution < 1.29 is 28.8 Å². The molecule has 0 unspecified atom stereocenters. The summed E-state index contributed by atoms with van der Waals surface area (Å²) in [5.41, 5.74) is 1.16. The minimum absolute atomic E-state index is 0.0705. The van der Waals surface area contributed by atoms with E-state index in [0.29, 0.717) is 58.8 Å². The normalized spacial score (nSPS) is 19.3. The summed E-state index contributed by atoms with van der Waals surface area (Å²) in [5.74, 6) is 0.432. The molecule has 1 saturated carbocycles. The standard InChI is InChI=1S/C20H31NO6/c22-20(23)21-19-7-6-18(14-19)16-27-13-11-25-9-8-24-10-12-26-15-17-4-2-1-3-5-17/h1-5,18-19,21H,6-16H2,(H,22,23)/t18-,19-/m1/s1. The van der Waals surface area contributed by atoms with E-state index in [0.717, 1.165) is 24.8 Å². The average Bonchev–Trinajstić information content (AvgIpc) is 3.10. The van der Waals surface area contributed by atoms with Crippen molar-refractivity contribution in [3.63, 3.8) is 0 Å².